The van der Waals surface area contributed by atoms with E-state index in [0.29, 0.717) is 16.8 Å². The summed E-state index contributed by atoms with van der Waals surface area (Å²) >= 11 is 3.41. The fraction of sp³-hybridized carbons (Fsp3) is 0.118. The maximum Gasteiger partial charge on any atom is 0.310 e. The Kier molecular flexibility index (Phi) is 4.35. The number of nitro groups is 1. The fourth-order valence-electron chi connectivity index (χ4n) is 2.69. The molecule has 0 atom stereocenters. The zero-order valence-corrected chi connectivity index (χ0v) is 14.3. The highest BCUT2D eigenvalue weighted by molar-refractivity contribution is 9.10. The lowest BCUT2D eigenvalue weighted by atomic mass is 10.0. The number of nitrogens with zero attached hydrogens (tertiary/aromatic N) is 1. The van der Waals surface area contributed by atoms with Gasteiger partial charge in [0.1, 0.15) is 0 Å². The summed E-state index contributed by atoms with van der Waals surface area (Å²) in [6.45, 7) is 0. The summed E-state index contributed by atoms with van der Waals surface area (Å²) in [6, 6.07) is 12.1. The molecule has 0 aliphatic heterocycles. The predicted molar refractivity (Wildman–Crippen MR) is 93.8 cm³/mol. The van der Waals surface area contributed by atoms with Gasteiger partial charge in [-0.25, -0.2) is 0 Å². The van der Waals surface area contributed by atoms with E-state index in [-0.39, 0.29) is 12.1 Å². The highest BCUT2D eigenvalue weighted by Crippen LogP contribution is 2.36. The standard InChI is InChI=1S/C17H13BrN2O4/c1-24-16(21)9-13-12-8-10(18)6-7-14(12)19-17(13)11-4-2-3-5-15(11)20(22)23/h2-8,19H,9H2,1H3. The van der Waals surface area contributed by atoms with Gasteiger partial charge < -0.3 is 9.72 Å². The first-order valence-electron chi connectivity index (χ1n) is 7.12. The molecule has 24 heavy (non-hydrogen) atoms. The second-order valence-electron chi connectivity index (χ2n) is 5.20. The molecule has 0 fully saturated rings. The molecule has 0 amide bonds. The number of carbonyl (C=O) groups is 1. The van der Waals surface area contributed by atoms with E-state index in [1.807, 2.05) is 18.2 Å². The number of halogens is 1. The van der Waals surface area contributed by atoms with Gasteiger partial charge in [0.2, 0.25) is 0 Å². The predicted octanol–water partition coefficient (Wildman–Crippen LogP) is 4.22. The van der Waals surface area contributed by atoms with Crippen molar-refractivity contribution < 1.29 is 14.5 Å². The maximum atomic E-state index is 11.8. The number of rotatable bonds is 4. The van der Waals surface area contributed by atoms with Gasteiger partial charge in [-0.2, -0.15) is 0 Å². The van der Waals surface area contributed by atoms with Crippen LogP contribution < -0.4 is 0 Å². The number of nitro benzene ring substituents is 1. The minimum Gasteiger partial charge on any atom is -0.469 e. The third-order valence-electron chi connectivity index (χ3n) is 3.79. The summed E-state index contributed by atoms with van der Waals surface area (Å²) in [5, 5.41) is 12.2. The van der Waals surface area contributed by atoms with Gasteiger partial charge in [-0.3, -0.25) is 14.9 Å². The largest absolute Gasteiger partial charge is 0.469 e. The monoisotopic (exact) mass is 388 g/mol. The molecule has 3 aromatic rings. The Morgan fingerprint density at radius 1 is 1.29 bits per heavy atom. The number of hydrogen-bond acceptors (Lipinski definition) is 4. The van der Waals surface area contributed by atoms with E-state index in [9.17, 15) is 14.9 Å². The third kappa shape index (κ3) is 2.90. The molecule has 1 aromatic heterocycles. The number of methoxy groups -OCH3 is 1. The summed E-state index contributed by atoms with van der Waals surface area (Å²) in [6.07, 6.45) is 0.0222. The molecule has 7 heteroatoms. The van der Waals surface area contributed by atoms with E-state index in [4.69, 9.17) is 4.74 Å². The number of ether oxygens (including phenoxy) is 1. The molecule has 0 saturated carbocycles. The van der Waals surface area contributed by atoms with Crippen LogP contribution in [0.1, 0.15) is 5.56 Å². The van der Waals surface area contributed by atoms with E-state index < -0.39 is 10.9 Å². The van der Waals surface area contributed by atoms with Crippen molar-refractivity contribution in [1.82, 2.24) is 4.98 Å². The number of fused-ring (bicyclic) bond motifs is 1. The molecule has 0 bridgehead atoms. The molecular weight excluding hydrogens is 376 g/mol. The van der Waals surface area contributed by atoms with E-state index in [1.165, 1.54) is 13.2 Å². The van der Waals surface area contributed by atoms with Crippen LogP contribution in [-0.4, -0.2) is 23.0 Å². The van der Waals surface area contributed by atoms with Crippen molar-refractivity contribution in [3.8, 4) is 11.3 Å². The molecule has 2 aromatic carbocycles. The Morgan fingerprint density at radius 2 is 2.04 bits per heavy atom. The van der Waals surface area contributed by atoms with Crippen LogP contribution in [0.3, 0.4) is 0 Å². The zero-order valence-electron chi connectivity index (χ0n) is 12.7. The number of aromatic amines is 1. The van der Waals surface area contributed by atoms with Crippen molar-refractivity contribution in [2.45, 2.75) is 6.42 Å². The minimum absolute atomic E-state index is 0.0192. The van der Waals surface area contributed by atoms with Gasteiger partial charge in [0, 0.05) is 21.4 Å². The van der Waals surface area contributed by atoms with E-state index >= 15 is 0 Å². The second-order valence-corrected chi connectivity index (χ2v) is 6.11. The number of esters is 1. The molecule has 3 rings (SSSR count). The van der Waals surface area contributed by atoms with Crippen LogP contribution in [0.15, 0.2) is 46.9 Å². The van der Waals surface area contributed by atoms with Gasteiger partial charge in [-0.1, -0.05) is 28.1 Å². The Hall–Kier alpha value is -2.67. The molecule has 1 heterocycles. The second kappa shape index (κ2) is 6.45. The molecule has 0 unspecified atom stereocenters. The Balaban J connectivity index is 2.29. The van der Waals surface area contributed by atoms with Crippen LogP contribution in [0.25, 0.3) is 22.2 Å². The van der Waals surface area contributed by atoms with Gasteiger partial charge in [-0.15, -0.1) is 0 Å². The first-order valence-corrected chi connectivity index (χ1v) is 7.91. The first-order chi connectivity index (χ1) is 11.5. The van der Waals surface area contributed by atoms with Gasteiger partial charge >= 0.3 is 5.97 Å². The lowest BCUT2D eigenvalue weighted by molar-refractivity contribution is -0.384. The Bertz CT molecular complexity index is 949. The van der Waals surface area contributed by atoms with Crippen LogP contribution in [-0.2, 0) is 16.0 Å². The van der Waals surface area contributed by atoms with E-state index in [1.54, 1.807) is 18.2 Å². The summed E-state index contributed by atoms with van der Waals surface area (Å²) in [4.78, 5) is 25.9. The van der Waals surface area contributed by atoms with Crippen LogP contribution in [0.5, 0.6) is 0 Å². The quantitative estimate of drug-likeness (QED) is 0.411. The molecule has 6 nitrogen and oxygen atoms in total. The summed E-state index contributed by atoms with van der Waals surface area (Å²) in [5.74, 6) is -0.407. The van der Waals surface area contributed by atoms with Gasteiger partial charge in [0.05, 0.1) is 29.7 Å². The number of carbonyl (C=O) groups excluding carboxylic acids is 1. The normalized spacial score (nSPS) is 10.8. The lowest BCUT2D eigenvalue weighted by Crippen LogP contribution is -2.05. The highest BCUT2D eigenvalue weighted by atomic mass is 79.9. The SMILES string of the molecule is COC(=O)Cc1c(-c2ccccc2[N+](=O)[O-])[nH]c2ccc(Br)cc12. The van der Waals surface area contributed by atoms with Gasteiger partial charge in [0.25, 0.3) is 5.69 Å². The van der Waals surface area contributed by atoms with Crippen molar-refractivity contribution >= 4 is 38.5 Å². The fourth-order valence-corrected chi connectivity index (χ4v) is 3.06. The molecule has 1 N–H and O–H groups in total. The first kappa shape index (κ1) is 16.2. The highest BCUT2D eigenvalue weighted by Gasteiger charge is 2.22. The number of para-hydroxylation sites is 1. The van der Waals surface area contributed by atoms with E-state index in [0.717, 1.165) is 15.4 Å². The van der Waals surface area contributed by atoms with Crippen molar-refractivity contribution in [3.05, 3.63) is 62.6 Å². The third-order valence-corrected chi connectivity index (χ3v) is 4.28. The summed E-state index contributed by atoms with van der Waals surface area (Å²) in [5.41, 5.74) is 2.45. The molecule has 0 aliphatic carbocycles. The van der Waals surface area contributed by atoms with Gasteiger partial charge in [-0.05, 0) is 29.8 Å². The lowest BCUT2D eigenvalue weighted by Gasteiger charge is -2.05. The number of aromatic nitrogens is 1. The van der Waals surface area contributed by atoms with Crippen molar-refractivity contribution in [2.75, 3.05) is 7.11 Å². The number of H-pyrrole nitrogens is 1. The molecule has 0 aliphatic rings. The van der Waals surface area contributed by atoms with Crippen LogP contribution in [0.4, 0.5) is 5.69 Å². The average molecular weight is 389 g/mol. The molecule has 0 radical (unpaired) electrons. The maximum absolute atomic E-state index is 11.8. The van der Waals surface area contributed by atoms with Crippen molar-refractivity contribution in [1.29, 1.82) is 0 Å². The van der Waals surface area contributed by atoms with Crippen molar-refractivity contribution in [2.24, 2.45) is 0 Å². The number of nitrogens with one attached hydrogen (secondary N) is 1. The van der Waals surface area contributed by atoms with Crippen LogP contribution in [0.2, 0.25) is 0 Å². The molecular formula is C17H13BrN2O4. The Labute approximate surface area is 145 Å². The average Bonchev–Trinajstić information content (AvgIpc) is 2.92. The number of hydrogen-bond donors (Lipinski definition) is 1. The molecule has 0 saturated heterocycles. The van der Waals surface area contributed by atoms with E-state index in [2.05, 4.69) is 20.9 Å². The van der Waals surface area contributed by atoms with Crippen LogP contribution >= 0.6 is 15.9 Å². The molecule has 0 spiro atoms. The van der Waals surface area contributed by atoms with Gasteiger partial charge in [0.15, 0.2) is 0 Å². The summed E-state index contributed by atoms with van der Waals surface area (Å²) < 4.78 is 5.63. The minimum atomic E-state index is -0.432. The molecule has 122 valence electrons. The number of benzene rings is 2. The van der Waals surface area contributed by atoms with Crippen LogP contribution in [0, 0.1) is 10.1 Å². The topological polar surface area (TPSA) is 85.2 Å². The summed E-state index contributed by atoms with van der Waals surface area (Å²) in [7, 11) is 1.32. The smallest absolute Gasteiger partial charge is 0.310 e. The van der Waals surface area contributed by atoms with Crippen molar-refractivity contribution in [3.63, 3.8) is 0 Å². The Morgan fingerprint density at radius 3 is 2.75 bits per heavy atom. The zero-order chi connectivity index (χ0) is 17.3.